The van der Waals surface area contributed by atoms with Crippen LogP contribution < -0.4 is 11.3 Å². The molecule has 0 saturated heterocycles. The Hall–Kier alpha value is -1.53. The Kier molecular flexibility index (Phi) is 3.21. The molecule has 0 aliphatic heterocycles. The molecule has 2 aromatic rings. The summed E-state index contributed by atoms with van der Waals surface area (Å²) in [4.78, 5) is 8.21. The molecule has 0 radical (unpaired) electrons. The summed E-state index contributed by atoms with van der Waals surface area (Å²) in [5.41, 5.74) is 2.45. The van der Waals surface area contributed by atoms with E-state index in [1.54, 1.807) is 30.4 Å². The standard InChI is InChI=1S/C9H10N4OS/c10-13-8-4-11-5-9(12-8)15-6-7-2-1-3-14-7/h1-5H,6,10H2,(H,12,13). The van der Waals surface area contributed by atoms with Crippen LogP contribution in [0.25, 0.3) is 0 Å². The predicted octanol–water partition coefficient (Wildman–Crippen LogP) is 1.65. The van der Waals surface area contributed by atoms with Crippen molar-refractivity contribution in [2.75, 3.05) is 5.43 Å². The van der Waals surface area contributed by atoms with Gasteiger partial charge in [0.15, 0.2) is 5.82 Å². The maximum atomic E-state index is 5.23. The van der Waals surface area contributed by atoms with E-state index in [1.165, 1.54) is 0 Å². The second kappa shape index (κ2) is 4.81. The second-order valence-corrected chi connectivity index (χ2v) is 3.75. The van der Waals surface area contributed by atoms with E-state index < -0.39 is 0 Å². The molecule has 0 spiro atoms. The number of nitrogens with two attached hydrogens (primary N) is 1. The summed E-state index contributed by atoms with van der Waals surface area (Å²) >= 11 is 1.54. The molecule has 0 aromatic carbocycles. The van der Waals surface area contributed by atoms with Gasteiger partial charge in [-0.25, -0.2) is 10.8 Å². The van der Waals surface area contributed by atoms with E-state index in [1.807, 2.05) is 12.1 Å². The molecule has 6 heteroatoms. The fourth-order valence-corrected chi connectivity index (χ4v) is 1.78. The smallest absolute Gasteiger partial charge is 0.159 e. The van der Waals surface area contributed by atoms with Gasteiger partial charge in [0, 0.05) is 0 Å². The van der Waals surface area contributed by atoms with Crippen molar-refractivity contribution >= 4 is 17.6 Å². The van der Waals surface area contributed by atoms with Crippen molar-refractivity contribution in [2.24, 2.45) is 5.84 Å². The van der Waals surface area contributed by atoms with E-state index in [4.69, 9.17) is 10.3 Å². The molecule has 2 rings (SSSR count). The average molecular weight is 222 g/mol. The molecule has 0 unspecified atom stereocenters. The van der Waals surface area contributed by atoms with Crippen LogP contribution in [0.15, 0.2) is 40.2 Å². The lowest BCUT2D eigenvalue weighted by Crippen LogP contribution is -2.08. The minimum absolute atomic E-state index is 0.555. The van der Waals surface area contributed by atoms with Crippen molar-refractivity contribution in [1.82, 2.24) is 9.97 Å². The number of hydrogen-bond acceptors (Lipinski definition) is 6. The number of nitrogens with one attached hydrogen (secondary N) is 1. The molecule has 0 bridgehead atoms. The van der Waals surface area contributed by atoms with Crippen molar-refractivity contribution < 1.29 is 4.42 Å². The molecule has 0 aliphatic rings. The van der Waals surface area contributed by atoms with Gasteiger partial charge in [-0.15, -0.1) is 0 Å². The Morgan fingerprint density at radius 3 is 3.13 bits per heavy atom. The maximum absolute atomic E-state index is 5.23. The van der Waals surface area contributed by atoms with Crippen LogP contribution in [0.1, 0.15) is 5.76 Å². The molecule has 78 valence electrons. The molecule has 3 N–H and O–H groups in total. The van der Waals surface area contributed by atoms with Gasteiger partial charge in [-0.1, -0.05) is 11.8 Å². The number of rotatable bonds is 4. The molecule has 15 heavy (non-hydrogen) atoms. The van der Waals surface area contributed by atoms with Crippen molar-refractivity contribution in [3.05, 3.63) is 36.5 Å². The molecule has 0 aliphatic carbocycles. The summed E-state index contributed by atoms with van der Waals surface area (Å²) in [6.07, 6.45) is 4.91. The van der Waals surface area contributed by atoms with Gasteiger partial charge in [-0.3, -0.25) is 4.98 Å². The van der Waals surface area contributed by atoms with Crippen LogP contribution in [0.3, 0.4) is 0 Å². The lowest BCUT2D eigenvalue weighted by Gasteiger charge is -2.01. The first-order valence-electron chi connectivity index (χ1n) is 4.32. The monoisotopic (exact) mass is 222 g/mol. The van der Waals surface area contributed by atoms with Gasteiger partial charge in [0.2, 0.25) is 0 Å². The van der Waals surface area contributed by atoms with E-state index in [-0.39, 0.29) is 0 Å². The number of aromatic nitrogens is 2. The first-order chi connectivity index (χ1) is 7.38. The Morgan fingerprint density at radius 1 is 1.47 bits per heavy atom. The van der Waals surface area contributed by atoms with E-state index in [2.05, 4.69) is 15.4 Å². The van der Waals surface area contributed by atoms with Gasteiger partial charge in [-0.05, 0) is 12.1 Å². The normalized spacial score (nSPS) is 10.2. The Labute approximate surface area is 91.1 Å². The zero-order valence-corrected chi connectivity index (χ0v) is 8.70. The number of nitrogen functional groups attached to an aromatic ring is 1. The van der Waals surface area contributed by atoms with E-state index in [0.717, 1.165) is 16.5 Å². The molecule has 5 nitrogen and oxygen atoms in total. The van der Waals surface area contributed by atoms with E-state index in [0.29, 0.717) is 5.82 Å². The van der Waals surface area contributed by atoms with Crippen molar-refractivity contribution in [3.8, 4) is 0 Å². The van der Waals surface area contributed by atoms with E-state index >= 15 is 0 Å². The lowest BCUT2D eigenvalue weighted by atomic mass is 10.5. The molecule has 0 atom stereocenters. The number of anilines is 1. The summed E-state index contributed by atoms with van der Waals surface area (Å²) < 4.78 is 5.20. The summed E-state index contributed by atoms with van der Waals surface area (Å²) in [5.74, 6) is 7.43. The quantitative estimate of drug-likeness (QED) is 0.465. The summed E-state index contributed by atoms with van der Waals surface area (Å²) in [6, 6.07) is 3.78. The number of thioether (sulfide) groups is 1. The van der Waals surface area contributed by atoms with Crippen LogP contribution in [-0.2, 0) is 5.75 Å². The highest BCUT2D eigenvalue weighted by Crippen LogP contribution is 2.20. The largest absolute Gasteiger partial charge is 0.468 e. The zero-order chi connectivity index (χ0) is 10.5. The van der Waals surface area contributed by atoms with Crippen LogP contribution >= 0.6 is 11.8 Å². The van der Waals surface area contributed by atoms with Crippen LogP contribution in [0.5, 0.6) is 0 Å². The zero-order valence-electron chi connectivity index (χ0n) is 7.88. The summed E-state index contributed by atoms with van der Waals surface area (Å²) in [6.45, 7) is 0. The molecule has 2 heterocycles. The summed E-state index contributed by atoms with van der Waals surface area (Å²) in [5, 5.41) is 0.807. The van der Waals surface area contributed by atoms with Gasteiger partial charge < -0.3 is 9.84 Å². The molecule has 2 aromatic heterocycles. The minimum Gasteiger partial charge on any atom is -0.468 e. The highest BCUT2D eigenvalue weighted by atomic mass is 32.2. The topological polar surface area (TPSA) is 77.0 Å². The summed E-state index contributed by atoms with van der Waals surface area (Å²) in [7, 11) is 0. The van der Waals surface area contributed by atoms with Crippen LogP contribution in [0.4, 0.5) is 5.82 Å². The lowest BCUT2D eigenvalue weighted by molar-refractivity contribution is 0.530. The van der Waals surface area contributed by atoms with Gasteiger partial charge in [-0.2, -0.15) is 0 Å². The highest BCUT2D eigenvalue weighted by Gasteiger charge is 2.01. The fraction of sp³-hybridized carbons (Fsp3) is 0.111. The average Bonchev–Trinajstić information content (AvgIpc) is 2.79. The second-order valence-electron chi connectivity index (χ2n) is 2.75. The van der Waals surface area contributed by atoms with Crippen LogP contribution in [-0.4, -0.2) is 9.97 Å². The maximum Gasteiger partial charge on any atom is 0.159 e. The molecular weight excluding hydrogens is 212 g/mol. The van der Waals surface area contributed by atoms with Gasteiger partial charge in [0.25, 0.3) is 0 Å². The first-order valence-corrected chi connectivity index (χ1v) is 5.31. The molecular formula is C9H10N4OS. The third-order valence-electron chi connectivity index (χ3n) is 1.70. The van der Waals surface area contributed by atoms with Crippen molar-refractivity contribution in [1.29, 1.82) is 0 Å². The fourth-order valence-electron chi connectivity index (χ4n) is 1.03. The van der Waals surface area contributed by atoms with Crippen LogP contribution in [0, 0.1) is 0 Å². The van der Waals surface area contributed by atoms with Crippen molar-refractivity contribution in [3.63, 3.8) is 0 Å². The number of nitrogens with zero attached hydrogens (tertiary/aromatic N) is 2. The Balaban J connectivity index is 1.98. The highest BCUT2D eigenvalue weighted by molar-refractivity contribution is 7.98. The third kappa shape index (κ3) is 2.71. The molecule has 0 saturated carbocycles. The third-order valence-corrected chi connectivity index (χ3v) is 2.62. The number of hydrogen-bond donors (Lipinski definition) is 2. The van der Waals surface area contributed by atoms with E-state index in [9.17, 15) is 0 Å². The molecule has 0 fully saturated rings. The van der Waals surface area contributed by atoms with Crippen molar-refractivity contribution in [2.45, 2.75) is 10.8 Å². The van der Waals surface area contributed by atoms with Gasteiger partial charge in [0.05, 0.1) is 24.4 Å². The SMILES string of the molecule is NNc1cncc(SCc2ccco2)n1. The minimum atomic E-state index is 0.555. The van der Waals surface area contributed by atoms with Crippen LogP contribution in [0.2, 0.25) is 0 Å². The predicted molar refractivity (Wildman–Crippen MR) is 58.1 cm³/mol. The number of furan rings is 1. The van der Waals surface area contributed by atoms with Gasteiger partial charge >= 0.3 is 0 Å². The van der Waals surface area contributed by atoms with Gasteiger partial charge in [0.1, 0.15) is 10.8 Å². The first kappa shape index (κ1) is 10.0. The Bertz CT molecular complexity index is 418. The Morgan fingerprint density at radius 2 is 2.40 bits per heavy atom. The number of hydrazine groups is 1. The molecule has 0 amide bonds.